The van der Waals surface area contributed by atoms with Gasteiger partial charge < -0.3 is 0 Å². The Morgan fingerprint density at radius 1 is 0.786 bits per heavy atom. The first-order valence-electron chi connectivity index (χ1n) is 9.46. The highest BCUT2D eigenvalue weighted by Crippen LogP contribution is 2.53. The Morgan fingerprint density at radius 2 is 1.32 bits per heavy atom. The molecule has 0 radical (unpaired) electrons. The Hall–Kier alpha value is -2.84. The lowest BCUT2D eigenvalue weighted by atomic mass is 9.88. The number of carbonyl (C=O) groups excluding carboxylic acids is 1. The molecule has 1 nitrogen and oxygen atoms in total. The van der Waals surface area contributed by atoms with Crippen molar-refractivity contribution in [3.05, 3.63) is 120 Å². The van der Waals surface area contributed by atoms with Crippen molar-refractivity contribution in [1.29, 1.82) is 0 Å². The third-order valence-corrected chi connectivity index (χ3v) is 6.34. The second kappa shape index (κ2) is 8.04. The van der Waals surface area contributed by atoms with Gasteiger partial charge in [-0.15, -0.1) is 11.8 Å². The van der Waals surface area contributed by atoms with Crippen molar-refractivity contribution in [3.8, 4) is 0 Å². The molecule has 4 rings (SSSR count). The van der Waals surface area contributed by atoms with Crippen LogP contribution >= 0.6 is 11.8 Å². The fraction of sp³-hybridized carbons (Fsp3) is 0.115. The van der Waals surface area contributed by atoms with E-state index in [0.29, 0.717) is 6.42 Å². The first-order chi connectivity index (χ1) is 13.7. The van der Waals surface area contributed by atoms with E-state index in [4.69, 9.17) is 0 Å². The topological polar surface area (TPSA) is 17.1 Å². The zero-order valence-corrected chi connectivity index (χ0v) is 16.7. The van der Waals surface area contributed by atoms with E-state index in [1.807, 2.05) is 30.3 Å². The van der Waals surface area contributed by atoms with E-state index in [1.165, 1.54) is 16.0 Å². The van der Waals surface area contributed by atoms with Crippen molar-refractivity contribution in [2.75, 3.05) is 0 Å². The van der Waals surface area contributed by atoms with Gasteiger partial charge in [-0.3, -0.25) is 4.79 Å². The fourth-order valence-corrected chi connectivity index (χ4v) is 5.20. The first kappa shape index (κ1) is 18.5. The van der Waals surface area contributed by atoms with Crippen molar-refractivity contribution in [2.24, 2.45) is 0 Å². The maximum absolute atomic E-state index is 12.3. The van der Waals surface area contributed by atoms with E-state index in [2.05, 4.69) is 72.8 Å². The summed E-state index contributed by atoms with van der Waals surface area (Å²) in [6.45, 7) is 1.68. The third-order valence-electron chi connectivity index (χ3n) is 4.91. The second-order valence-corrected chi connectivity index (χ2v) is 8.45. The summed E-state index contributed by atoms with van der Waals surface area (Å²) in [7, 11) is 0. The summed E-state index contributed by atoms with van der Waals surface area (Å²) in [4.78, 5) is 13.5. The van der Waals surface area contributed by atoms with Crippen molar-refractivity contribution < 1.29 is 4.79 Å². The van der Waals surface area contributed by atoms with Gasteiger partial charge in [0.2, 0.25) is 0 Å². The van der Waals surface area contributed by atoms with Crippen molar-refractivity contribution >= 4 is 28.0 Å². The molecule has 1 aliphatic heterocycles. The molecule has 0 aliphatic carbocycles. The maximum Gasteiger partial charge on any atom is 0.131 e. The maximum atomic E-state index is 12.3. The van der Waals surface area contributed by atoms with Gasteiger partial charge >= 0.3 is 0 Å². The van der Waals surface area contributed by atoms with Gasteiger partial charge in [0.25, 0.3) is 0 Å². The van der Waals surface area contributed by atoms with Gasteiger partial charge in [-0.2, -0.15) is 0 Å². The molecule has 0 amide bonds. The van der Waals surface area contributed by atoms with E-state index in [0.717, 1.165) is 11.1 Å². The summed E-state index contributed by atoms with van der Waals surface area (Å²) in [6.07, 6.45) is 4.98. The molecular formula is C26H22OS. The summed E-state index contributed by atoms with van der Waals surface area (Å²) < 4.78 is -0.418. The standard InChI is InChI=1S/C26H22OS/c1-20(27)18-26(24-15-9-4-10-16-24)19-23(21-11-5-2-6-12-21)17-25(28-26)22-13-7-3-8-14-22/h2-17,19H,18H2,1H3/t26-/m1/s1. The summed E-state index contributed by atoms with van der Waals surface area (Å²) in [6, 6.07) is 31.2. The van der Waals surface area contributed by atoms with Crippen LogP contribution in [-0.2, 0) is 9.54 Å². The number of thioether (sulfide) groups is 1. The number of ketones is 1. The SMILES string of the molecule is CC(=O)C[C@]1(c2ccccc2)C=C(c2ccccc2)C=C(c2ccccc2)S1. The van der Waals surface area contributed by atoms with Crippen LogP contribution in [0, 0.1) is 0 Å². The van der Waals surface area contributed by atoms with E-state index < -0.39 is 4.75 Å². The Balaban J connectivity index is 1.91. The molecule has 1 atom stereocenters. The molecule has 0 aromatic heterocycles. The normalized spacial score (nSPS) is 18.9. The molecule has 0 fully saturated rings. The molecule has 0 bridgehead atoms. The van der Waals surface area contributed by atoms with Crippen LogP contribution in [0.3, 0.4) is 0 Å². The Labute approximate surface area is 170 Å². The van der Waals surface area contributed by atoms with Crippen LogP contribution in [0.4, 0.5) is 0 Å². The quantitative estimate of drug-likeness (QED) is 0.486. The van der Waals surface area contributed by atoms with Gasteiger partial charge in [-0.1, -0.05) is 97.1 Å². The largest absolute Gasteiger partial charge is 0.300 e. The summed E-state index contributed by atoms with van der Waals surface area (Å²) in [5.74, 6) is 0.189. The molecular weight excluding hydrogens is 360 g/mol. The van der Waals surface area contributed by atoms with Crippen molar-refractivity contribution in [3.63, 3.8) is 0 Å². The average Bonchev–Trinajstić information content (AvgIpc) is 2.75. The predicted molar refractivity (Wildman–Crippen MR) is 120 cm³/mol. The summed E-state index contributed by atoms with van der Waals surface area (Å²) in [5.41, 5.74) is 4.66. The number of rotatable bonds is 5. The highest BCUT2D eigenvalue weighted by molar-refractivity contribution is 8.09. The average molecular weight is 383 g/mol. The molecule has 3 aromatic carbocycles. The van der Waals surface area contributed by atoms with Crippen LogP contribution in [0.5, 0.6) is 0 Å². The molecule has 2 heteroatoms. The van der Waals surface area contributed by atoms with Gasteiger partial charge in [0.15, 0.2) is 0 Å². The Bertz CT molecular complexity index is 1020. The molecule has 0 spiro atoms. The monoisotopic (exact) mass is 382 g/mol. The van der Waals surface area contributed by atoms with Gasteiger partial charge in [0.05, 0.1) is 4.75 Å². The van der Waals surface area contributed by atoms with Gasteiger partial charge in [0.1, 0.15) is 5.78 Å². The molecule has 0 saturated carbocycles. The van der Waals surface area contributed by atoms with Crippen LogP contribution in [0.15, 0.2) is 103 Å². The number of hydrogen-bond donors (Lipinski definition) is 0. The van der Waals surface area contributed by atoms with E-state index in [-0.39, 0.29) is 5.78 Å². The minimum absolute atomic E-state index is 0.189. The first-order valence-corrected chi connectivity index (χ1v) is 10.3. The predicted octanol–water partition coefficient (Wildman–Crippen LogP) is 6.73. The van der Waals surface area contributed by atoms with Gasteiger partial charge in [-0.25, -0.2) is 0 Å². The highest BCUT2D eigenvalue weighted by atomic mass is 32.2. The zero-order valence-electron chi connectivity index (χ0n) is 15.8. The molecule has 138 valence electrons. The molecule has 0 N–H and O–H groups in total. The lowest BCUT2D eigenvalue weighted by molar-refractivity contribution is -0.117. The molecule has 1 heterocycles. The van der Waals surface area contributed by atoms with Crippen molar-refractivity contribution in [2.45, 2.75) is 18.1 Å². The molecule has 1 aliphatic rings. The minimum atomic E-state index is -0.418. The number of allylic oxidation sites excluding steroid dienone is 2. The minimum Gasteiger partial charge on any atom is -0.300 e. The molecule has 28 heavy (non-hydrogen) atoms. The van der Waals surface area contributed by atoms with E-state index in [1.54, 1.807) is 18.7 Å². The van der Waals surface area contributed by atoms with E-state index in [9.17, 15) is 4.79 Å². The lowest BCUT2D eigenvalue weighted by Gasteiger charge is -2.35. The highest BCUT2D eigenvalue weighted by Gasteiger charge is 2.36. The fourth-order valence-electron chi connectivity index (χ4n) is 3.65. The number of Topliss-reactive ketones (excluding diaryl/α,β-unsaturated/α-hetero) is 1. The molecule has 0 saturated heterocycles. The lowest BCUT2D eigenvalue weighted by Crippen LogP contribution is -2.24. The van der Waals surface area contributed by atoms with Crippen LogP contribution < -0.4 is 0 Å². The Kier molecular flexibility index (Phi) is 5.31. The van der Waals surface area contributed by atoms with Crippen LogP contribution in [0.2, 0.25) is 0 Å². The smallest absolute Gasteiger partial charge is 0.131 e. The third kappa shape index (κ3) is 3.88. The molecule has 3 aromatic rings. The second-order valence-electron chi connectivity index (χ2n) is 7.08. The van der Waals surface area contributed by atoms with Gasteiger partial charge in [0, 0.05) is 11.3 Å². The molecule has 0 unspecified atom stereocenters. The van der Waals surface area contributed by atoms with Crippen molar-refractivity contribution in [1.82, 2.24) is 0 Å². The van der Waals surface area contributed by atoms with Crippen LogP contribution in [0.25, 0.3) is 10.5 Å². The summed E-state index contributed by atoms with van der Waals surface area (Å²) in [5, 5.41) is 0. The summed E-state index contributed by atoms with van der Waals surface area (Å²) >= 11 is 1.78. The van der Waals surface area contributed by atoms with E-state index >= 15 is 0 Å². The number of carbonyl (C=O) groups is 1. The zero-order chi connectivity index (χ0) is 19.4. The van der Waals surface area contributed by atoms with Crippen LogP contribution in [-0.4, -0.2) is 5.78 Å². The Morgan fingerprint density at radius 3 is 1.89 bits per heavy atom. The van der Waals surface area contributed by atoms with Crippen LogP contribution in [0.1, 0.15) is 30.0 Å². The number of benzene rings is 3. The number of hydrogen-bond acceptors (Lipinski definition) is 2. The van der Waals surface area contributed by atoms with Gasteiger partial charge in [-0.05, 0) is 35.3 Å².